The van der Waals surface area contributed by atoms with Crippen molar-refractivity contribution in [1.29, 1.82) is 0 Å². The molecule has 8 nitrogen and oxygen atoms in total. The van der Waals surface area contributed by atoms with Crippen molar-refractivity contribution in [2.45, 2.75) is 17.9 Å². The van der Waals surface area contributed by atoms with Crippen LogP contribution in [0.5, 0.6) is 11.5 Å². The molecule has 0 fully saturated rings. The highest BCUT2D eigenvalue weighted by Gasteiger charge is 2.24. The van der Waals surface area contributed by atoms with Gasteiger partial charge in [-0.2, -0.15) is 0 Å². The van der Waals surface area contributed by atoms with Crippen LogP contribution in [0.25, 0.3) is 0 Å². The standard InChI is InChI=1S/C27H29N3O5S/c1-17(8-15-25(32)30-22-7-5-4-6-21(22)28)26(18-9-14-24(34-2)23(31)16-18)35-27(33)29-19-10-12-20(36-3)13-11-19/h4-17,26,31H,28H2,1-3H3,(H,29,33)(H,30,32)/b15-8+/t17-,26-/m0/s1. The van der Waals surface area contributed by atoms with Gasteiger partial charge in [0, 0.05) is 16.5 Å². The predicted molar refractivity (Wildman–Crippen MR) is 144 cm³/mol. The molecule has 2 amide bonds. The summed E-state index contributed by atoms with van der Waals surface area (Å²) in [5.74, 6) is -0.611. The molecule has 0 unspecified atom stereocenters. The van der Waals surface area contributed by atoms with Gasteiger partial charge in [0.25, 0.3) is 0 Å². The zero-order valence-electron chi connectivity index (χ0n) is 20.2. The molecule has 5 N–H and O–H groups in total. The van der Waals surface area contributed by atoms with Gasteiger partial charge in [0.15, 0.2) is 11.5 Å². The summed E-state index contributed by atoms with van der Waals surface area (Å²) in [6.45, 7) is 1.80. The molecular weight excluding hydrogens is 478 g/mol. The summed E-state index contributed by atoms with van der Waals surface area (Å²) in [5.41, 5.74) is 7.94. The summed E-state index contributed by atoms with van der Waals surface area (Å²) in [6, 6.07) is 19.0. The number of benzene rings is 3. The van der Waals surface area contributed by atoms with Gasteiger partial charge in [-0.25, -0.2) is 4.79 Å². The molecule has 2 atom stereocenters. The van der Waals surface area contributed by atoms with E-state index in [9.17, 15) is 14.7 Å². The van der Waals surface area contributed by atoms with Crippen molar-refractivity contribution < 1.29 is 24.2 Å². The number of nitrogens with one attached hydrogen (secondary N) is 2. The zero-order chi connectivity index (χ0) is 26.1. The topological polar surface area (TPSA) is 123 Å². The third kappa shape index (κ3) is 7.19. The van der Waals surface area contributed by atoms with Gasteiger partial charge in [-0.05, 0) is 66.4 Å². The fourth-order valence-electron chi connectivity index (χ4n) is 3.43. The number of rotatable bonds is 9. The van der Waals surface area contributed by atoms with Crippen LogP contribution in [0.2, 0.25) is 0 Å². The van der Waals surface area contributed by atoms with Crippen LogP contribution in [0.15, 0.2) is 83.8 Å². The van der Waals surface area contributed by atoms with Gasteiger partial charge in [0.2, 0.25) is 5.91 Å². The van der Waals surface area contributed by atoms with E-state index >= 15 is 0 Å². The Labute approximate surface area is 214 Å². The smallest absolute Gasteiger partial charge is 0.412 e. The Bertz CT molecular complexity index is 1230. The van der Waals surface area contributed by atoms with Crippen LogP contribution in [0.3, 0.4) is 0 Å². The van der Waals surface area contributed by atoms with Crippen molar-refractivity contribution in [2.75, 3.05) is 29.7 Å². The van der Waals surface area contributed by atoms with Gasteiger partial charge in [-0.1, -0.05) is 31.2 Å². The Morgan fingerprint density at radius 3 is 2.42 bits per heavy atom. The molecule has 0 aliphatic rings. The monoisotopic (exact) mass is 507 g/mol. The van der Waals surface area contributed by atoms with E-state index in [0.29, 0.717) is 28.4 Å². The molecule has 188 valence electrons. The Kier molecular flexibility index (Phi) is 9.24. The highest BCUT2D eigenvalue weighted by molar-refractivity contribution is 7.98. The number of para-hydroxylation sites is 2. The second-order valence-electron chi connectivity index (χ2n) is 7.91. The van der Waals surface area contributed by atoms with Gasteiger partial charge >= 0.3 is 6.09 Å². The van der Waals surface area contributed by atoms with Crippen molar-refractivity contribution in [2.24, 2.45) is 5.92 Å². The number of hydrogen-bond donors (Lipinski definition) is 4. The average Bonchev–Trinajstić information content (AvgIpc) is 2.87. The van der Waals surface area contributed by atoms with Crippen LogP contribution < -0.4 is 21.1 Å². The van der Waals surface area contributed by atoms with Crippen LogP contribution in [-0.2, 0) is 9.53 Å². The molecule has 3 rings (SSSR count). The summed E-state index contributed by atoms with van der Waals surface area (Å²) >= 11 is 1.60. The first-order valence-electron chi connectivity index (χ1n) is 11.1. The molecule has 9 heteroatoms. The average molecular weight is 508 g/mol. The van der Waals surface area contributed by atoms with Crippen molar-refractivity contribution in [3.63, 3.8) is 0 Å². The molecule has 0 saturated heterocycles. The number of phenols is 1. The fourth-order valence-corrected chi connectivity index (χ4v) is 3.83. The number of nitrogen functional groups attached to an aromatic ring is 1. The minimum absolute atomic E-state index is 0.0925. The van der Waals surface area contributed by atoms with E-state index in [1.807, 2.05) is 18.4 Å². The highest BCUT2D eigenvalue weighted by atomic mass is 32.2. The van der Waals surface area contributed by atoms with Gasteiger partial charge in [-0.15, -0.1) is 11.8 Å². The Balaban J connectivity index is 1.77. The van der Waals surface area contributed by atoms with E-state index < -0.39 is 18.1 Å². The molecule has 3 aromatic carbocycles. The van der Waals surface area contributed by atoms with Crippen LogP contribution in [0.1, 0.15) is 18.6 Å². The molecule has 0 saturated carbocycles. The molecule has 0 radical (unpaired) electrons. The van der Waals surface area contributed by atoms with Crippen molar-refractivity contribution in [3.05, 3.63) is 84.4 Å². The molecule has 0 bridgehead atoms. The van der Waals surface area contributed by atoms with E-state index in [-0.39, 0.29) is 11.7 Å². The fraction of sp³-hybridized carbons (Fsp3) is 0.185. The lowest BCUT2D eigenvalue weighted by molar-refractivity contribution is -0.111. The largest absolute Gasteiger partial charge is 0.504 e. The molecular formula is C27H29N3O5S. The highest BCUT2D eigenvalue weighted by Crippen LogP contribution is 2.34. The molecule has 0 spiro atoms. The van der Waals surface area contributed by atoms with Crippen molar-refractivity contribution in [3.8, 4) is 11.5 Å². The second-order valence-corrected chi connectivity index (χ2v) is 8.79. The number of hydrogen-bond acceptors (Lipinski definition) is 7. The van der Waals surface area contributed by atoms with Gasteiger partial charge in [-0.3, -0.25) is 10.1 Å². The molecule has 0 aliphatic heterocycles. The van der Waals surface area contributed by atoms with Crippen LogP contribution >= 0.6 is 11.8 Å². The number of amides is 2. The van der Waals surface area contributed by atoms with Gasteiger partial charge in [0.05, 0.1) is 18.5 Å². The van der Waals surface area contributed by atoms with Crippen LogP contribution in [-0.4, -0.2) is 30.5 Å². The SMILES string of the molecule is COc1ccc([C@@H](OC(=O)Nc2ccc(SC)cc2)[C@@H](C)/C=C/C(=O)Nc2ccccc2N)cc1O. The minimum Gasteiger partial charge on any atom is -0.504 e. The number of aromatic hydroxyl groups is 1. The third-order valence-corrected chi connectivity index (χ3v) is 6.09. The Hall–Kier alpha value is -4.11. The van der Waals surface area contributed by atoms with Crippen molar-refractivity contribution >= 4 is 40.8 Å². The van der Waals surface area contributed by atoms with E-state index in [1.54, 1.807) is 73.3 Å². The summed E-state index contributed by atoms with van der Waals surface area (Å²) in [7, 11) is 1.45. The molecule has 3 aromatic rings. The van der Waals surface area contributed by atoms with E-state index in [2.05, 4.69) is 10.6 Å². The number of ether oxygens (including phenoxy) is 2. The summed E-state index contributed by atoms with van der Waals surface area (Å²) in [4.78, 5) is 26.3. The van der Waals surface area contributed by atoms with Crippen LogP contribution in [0, 0.1) is 5.92 Å². The molecule has 0 aromatic heterocycles. The molecule has 36 heavy (non-hydrogen) atoms. The van der Waals surface area contributed by atoms with Crippen molar-refractivity contribution in [1.82, 2.24) is 0 Å². The first-order chi connectivity index (χ1) is 17.3. The number of anilines is 3. The number of carbonyl (C=O) groups excluding carboxylic acids is 2. The van der Waals surface area contributed by atoms with E-state index in [4.69, 9.17) is 15.2 Å². The summed E-state index contributed by atoms with van der Waals surface area (Å²) in [5, 5.41) is 15.7. The maximum atomic E-state index is 12.7. The van der Waals surface area contributed by atoms with Gasteiger partial charge in [0.1, 0.15) is 6.10 Å². The second kappa shape index (κ2) is 12.6. The third-order valence-electron chi connectivity index (χ3n) is 5.35. The van der Waals surface area contributed by atoms with Crippen LogP contribution in [0.4, 0.5) is 21.9 Å². The quantitative estimate of drug-likeness (QED) is 0.163. The Morgan fingerprint density at radius 2 is 1.78 bits per heavy atom. The molecule has 0 heterocycles. The maximum Gasteiger partial charge on any atom is 0.412 e. The number of thioether (sulfide) groups is 1. The number of nitrogens with two attached hydrogens (primary N) is 1. The number of phenolic OH excluding ortho intramolecular Hbond substituents is 1. The summed E-state index contributed by atoms with van der Waals surface area (Å²) < 4.78 is 10.9. The zero-order valence-corrected chi connectivity index (χ0v) is 21.0. The molecule has 0 aliphatic carbocycles. The lowest BCUT2D eigenvalue weighted by atomic mass is 9.96. The normalized spacial score (nSPS) is 12.5. The van der Waals surface area contributed by atoms with E-state index in [1.165, 1.54) is 19.3 Å². The number of carbonyl (C=O) groups is 2. The minimum atomic E-state index is -0.807. The van der Waals surface area contributed by atoms with E-state index in [0.717, 1.165) is 4.90 Å². The lowest BCUT2D eigenvalue weighted by Gasteiger charge is -2.23. The number of methoxy groups -OCH3 is 1. The lowest BCUT2D eigenvalue weighted by Crippen LogP contribution is -2.21. The Morgan fingerprint density at radius 1 is 1.06 bits per heavy atom. The predicted octanol–water partition coefficient (Wildman–Crippen LogP) is 5.83. The first-order valence-corrected chi connectivity index (χ1v) is 12.4. The first kappa shape index (κ1) is 26.5. The summed E-state index contributed by atoms with van der Waals surface area (Å²) in [6.07, 6.45) is 3.47. The maximum absolute atomic E-state index is 12.7. The van der Waals surface area contributed by atoms with Gasteiger partial charge < -0.3 is 25.6 Å².